The summed E-state index contributed by atoms with van der Waals surface area (Å²) in [6.07, 6.45) is 1.60. The van der Waals surface area contributed by atoms with E-state index in [-0.39, 0.29) is 5.75 Å². The van der Waals surface area contributed by atoms with Crippen LogP contribution in [0.1, 0.15) is 12.5 Å². The van der Waals surface area contributed by atoms with E-state index in [2.05, 4.69) is 41.8 Å². The van der Waals surface area contributed by atoms with Crippen molar-refractivity contribution in [1.82, 2.24) is 4.98 Å². The minimum absolute atomic E-state index is 0.150. The smallest absolute Gasteiger partial charge is 0.210 e. The van der Waals surface area contributed by atoms with Gasteiger partial charge in [-0.25, -0.2) is 9.98 Å². The highest BCUT2D eigenvalue weighted by Gasteiger charge is 2.07. The maximum atomic E-state index is 10.0. The lowest BCUT2D eigenvalue weighted by molar-refractivity contribution is 0.341. The molecule has 1 heterocycles. The van der Waals surface area contributed by atoms with E-state index in [1.165, 1.54) is 11.3 Å². The molecule has 0 saturated heterocycles. The van der Waals surface area contributed by atoms with Crippen LogP contribution in [-0.4, -0.2) is 22.9 Å². The van der Waals surface area contributed by atoms with E-state index in [0.717, 1.165) is 20.4 Å². The molecule has 7 heteroatoms. The number of phenolic OH excluding ortho intramolecular Hbond substituents is 1. The molecule has 0 bridgehead atoms. The summed E-state index contributed by atoms with van der Waals surface area (Å²) in [6.45, 7) is 2.58. The van der Waals surface area contributed by atoms with Gasteiger partial charge in [-0.05, 0) is 53.2 Å². The molecule has 2 aromatic carbocycles. The molecule has 0 aliphatic heterocycles. The SMILES string of the molecule is CCOc1ccc2nc(N=Cc3cc(Br)cc(Br)c3O)sc2c1. The van der Waals surface area contributed by atoms with Gasteiger partial charge < -0.3 is 9.84 Å². The molecule has 0 amide bonds. The molecule has 3 rings (SSSR count). The van der Waals surface area contributed by atoms with Crippen molar-refractivity contribution >= 4 is 64.8 Å². The topological polar surface area (TPSA) is 54.7 Å². The van der Waals surface area contributed by atoms with Crippen molar-refractivity contribution in [2.45, 2.75) is 6.92 Å². The number of halogens is 2. The van der Waals surface area contributed by atoms with Crippen LogP contribution in [0.5, 0.6) is 11.5 Å². The molecular weight excluding hydrogens is 444 g/mol. The highest BCUT2D eigenvalue weighted by Crippen LogP contribution is 2.33. The molecule has 0 spiro atoms. The lowest BCUT2D eigenvalue weighted by Crippen LogP contribution is -1.89. The number of rotatable bonds is 4. The van der Waals surface area contributed by atoms with E-state index in [1.54, 1.807) is 18.3 Å². The van der Waals surface area contributed by atoms with Crippen LogP contribution in [0.4, 0.5) is 5.13 Å². The minimum atomic E-state index is 0.150. The summed E-state index contributed by atoms with van der Waals surface area (Å²) in [5.74, 6) is 0.976. The largest absolute Gasteiger partial charge is 0.506 e. The Kier molecular flexibility index (Phi) is 4.99. The zero-order chi connectivity index (χ0) is 16.4. The van der Waals surface area contributed by atoms with Crippen molar-refractivity contribution < 1.29 is 9.84 Å². The second-order valence-corrected chi connectivity index (χ2v) is 7.42. The van der Waals surface area contributed by atoms with Crippen LogP contribution in [0.3, 0.4) is 0 Å². The first kappa shape index (κ1) is 16.4. The van der Waals surface area contributed by atoms with E-state index in [4.69, 9.17) is 4.74 Å². The predicted octanol–water partition coefficient (Wildman–Crippen LogP) is 5.68. The Hall–Kier alpha value is -1.44. The van der Waals surface area contributed by atoms with Crippen molar-refractivity contribution in [3.63, 3.8) is 0 Å². The Labute approximate surface area is 154 Å². The molecule has 0 radical (unpaired) electrons. The predicted molar refractivity (Wildman–Crippen MR) is 102 cm³/mol. The number of fused-ring (bicyclic) bond motifs is 1. The van der Waals surface area contributed by atoms with Crippen molar-refractivity contribution in [3.8, 4) is 11.5 Å². The number of aromatic hydroxyl groups is 1. The summed E-state index contributed by atoms with van der Waals surface area (Å²) in [5, 5.41) is 10.7. The van der Waals surface area contributed by atoms with E-state index < -0.39 is 0 Å². The van der Waals surface area contributed by atoms with Crippen molar-refractivity contribution in [1.29, 1.82) is 0 Å². The number of hydrogen-bond donors (Lipinski definition) is 1. The summed E-state index contributed by atoms with van der Waals surface area (Å²) in [5.41, 5.74) is 1.49. The summed E-state index contributed by atoms with van der Waals surface area (Å²) >= 11 is 8.18. The van der Waals surface area contributed by atoms with Crippen LogP contribution < -0.4 is 4.74 Å². The van der Waals surface area contributed by atoms with E-state index >= 15 is 0 Å². The van der Waals surface area contributed by atoms with Crippen molar-refractivity contribution in [2.24, 2.45) is 4.99 Å². The van der Waals surface area contributed by atoms with Crippen LogP contribution in [0, 0.1) is 0 Å². The fourth-order valence-corrected chi connectivity index (χ4v) is 4.11. The summed E-state index contributed by atoms with van der Waals surface area (Å²) in [4.78, 5) is 8.84. The normalized spacial score (nSPS) is 11.4. The van der Waals surface area contributed by atoms with Gasteiger partial charge in [0.1, 0.15) is 11.5 Å². The van der Waals surface area contributed by atoms with Crippen molar-refractivity contribution in [3.05, 3.63) is 44.8 Å². The molecule has 3 aromatic rings. The van der Waals surface area contributed by atoms with Crippen LogP contribution >= 0.6 is 43.2 Å². The molecule has 1 aromatic heterocycles. The van der Waals surface area contributed by atoms with Gasteiger partial charge in [0, 0.05) is 16.3 Å². The number of aromatic nitrogens is 1. The van der Waals surface area contributed by atoms with Gasteiger partial charge in [0.05, 0.1) is 21.3 Å². The molecule has 0 aliphatic carbocycles. The number of nitrogens with zero attached hydrogens (tertiary/aromatic N) is 2. The van der Waals surface area contributed by atoms with Crippen LogP contribution in [-0.2, 0) is 0 Å². The molecule has 23 heavy (non-hydrogen) atoms. The fraction of sp³-hybridized carbons (Fsp3) is 0.125. The number of ether oxygens (including phenoxy) is 1. The number of hydrogen-bond acceptors (Lipinski definition) is 5. The Balaban J connectivity index is 1.92. The third-order valence-corrected chi connectivity index (χ3v) is 5.02. The summed E-state index contributed by atoms with van der Waals surface area (Å²) < 4.78 is 7.97. The lowest BCUT2D eigenvalue weighted by atomic mass is 10.2. The highest BCUT2D eigenvalue weighted by atomic mass is 79.9. The van der Waals surface area contributed by atoms with Crippen LogP contribution in [0.15, 0.2) is 44.3 Å². The highest BCUT2D eigenvalue weighted by molar-refractivity contribution is 9.11. The van der Waals surface area contributed by atoms with Crippen LogP contribution in [0.2, 0.25) is 0 Å². The molecule has 1 N–H and O–H groups in total. The van der Waals surface area contributed by atoms with E-state index in [0.29, 0.717) is 21.8 Å². The average Bonchev–Trinajstić information content (AvgIpc) is 2.92. The van der Waals surface area contributed by atoms with Gasteiger partial charge in [-0.15, -0.1) is 0 Å². The van der Waals surface area contributed by atoms with E-state index in [1.807, 2.05) is 25.1 Å². The second-order valence-electron chi connectivity index (χ2n) is 4.64. The second kappa shape index (κ2) is 6.98. The summed E-state index contributed by atoms with van der Waals surface area (Å²) in [6, 6.07) is 9.35. The molecule has 0 aliphatic rings. The molecule has 118 valence electrons. The maximum absolute atomic E-state index is 10.0. The zero-order valence-electron chi connectivity index (χ0n) is 12.1. The minimum Gasteiger partial charge on any atom is -0.506 e. The first-order valence-electron chi connectivity index (χ1n) is 6.82. The Morgan fingerprint density at radius 1 is 1.30 bits per heavy atom. The maximum Gasteiger partial charge on any atom is 0.210 e. The monoisotopic (exact) mass is 454 g/mol. The zero-order valence-corrected chi connectivity index (χ0v) is 16.1. The van der Waals surface area contributed by atoms with Gasteiger partial charge in [0.15, 0.2) is 0 Å². The van der Waals surface area contributed by atoms with Gasteiger partial charge in [-0.1, -0.05) is 27.3 Å². The number of benzene rings is 2. The van der Waals surface area contributed by atoms with Gasteiger partial charge in [0.2, 0.25) is 5.13 Å². The number of phenols is 1. The molecule has 0 atom stereocenters. The third kappa shape index (κ3) is 3.73. The fourth-order valence-electron chi connectivity index (χ4n) is 2.01. The Morgan fingerprint density at radius 3 is 2.91 bits per heavy atom. The molecule has 4 nitrogen and oxygen atoms in total. The molecule has 0 unspecified atom stereocenters. The van der Waals surface area contributed by atoms with Crippen molar-refractivity contribution in [2.75, 3.05) is 6.61 Å². The first-order chi connectivity index (χ1) is 11.1. The Morgan fingerprint density at radius 2 is 2.13 bits per heavy atom. The quantitative estimate of drug-likeness (QED) is 0.515. The number of aliphatic imine (C=N–C) groups is 1. The third-order valence-electron chi connectivity index (χ3n) is 3.03. The Bertz CT molecular complexity index is 893. The average molecular weight is 456 g/mol. The van der Waals surface area contributed by atoms with Crippen LogP contribution in [0.25, 0.3) is 10.2 Å². The van der Waals surface area contributed by atoms with E-state index in [9.17, 15) is 5.11 Å². The molecule has 0 saturated carbocycles. The summed E-state index contributed by atoms with van der Waals surface area (Å²) in [7, 11) is 0. The number of thiazole rings is 1. The van der Waals surface area contributed by atoms with Gasteiger partial charge in [-0.3, -0.25) is 0 Å². The van der Waals surface area contributed by atoms with Gasteiger partial charge in [-0.2, -0.15) is 0 Å². The lowest BCUT2D eigenvalue weighted by Gasteiger charge is -2.02. The molecule has 0 fully saturated rings. The standard InChI is InChI=1S/C16H12Br2N2O2S/c1-2-22-11-3-4-13-14(7-11)23-16(20-13)19-8-9-5-10(17)6-12(18)15(9)21/h3-8,21H,2H2,1H3. The first-order valence-corrected chi connectivity index (χ1v) is 9.22. The molecular formula is C16H12Br2N2O2S. The van der Waals surface area contributed by atoms with Gasteiger partial charge >= 0.3 is 0 Å². The van der Waals surface area contributed by atoms with Gasteiger partial charge in [0.25, 0.3) is 0 Å².